The molecule has 1 rings (SSSR count). The van der Waals surface area contributed by atoms with Crippen molar-refractivity contribution in [2.75, 3.05) is 26.3 Å². The number of carbonyl (C=O) groups excluding carboxylic acids is 2. The highest BCUT2D eigenvalue weighted by molar-refractivity contribution is 5.94. The number of hydrogen-bond donors (Lipinski definition) is 1. The molecule has 1 fully saturated rings. The fourth-order valence-corrected chi connectivity index (χ4v) is 1.66. The van der Waals surface area contributed by atoms with Crippen LogP contribution in [0.5, 0.6) is 0 Å². The summed E-state index contributed by atoms with van der Waals surface area (Å²) in [6.07, 6.45) is 1.60. The predicted octanol–water partition coefficient (Wildman–Crippen LogP) is 0.150. The van der Waals surface area contributed by atoms with E-state index < -0.39 is 0 Å². The van der Waals surface area contributed by atoms with Gasteiger partial charge in [-0.3, -0.25) is 9.59 Å². The van der Waals surface area contributed by atoms with Gasteiger partial charge in [0.15, 0.2) is 0 Å². The van der Waals surface area contributed by atoms with Crippen molar-refractivity contribution in [1.82, 2.24) is 10.2 Å². The van der Waals surface area contributed by atoms with E-state index in [4.69, 9.17) is 4.74 Å². The summed E-state index contributed by atoms with van der Waals surface area (Å²) in [7, 11) is 0. The van der Waals surface area contributed by atoms with Gasteiger partial charge in [0.2, 0.25) is 11.8 Å². The highest BCUT2D eigenvalue weighted by Crippen LogP contribution is 2.05. The van der Waals surface area contributed by atoms with Crippen LogP contribution in [0.1, 0.15) is 26.7 Å². The molecule has 1 saturated heterocycles. The van der Waals surface area contributed by atoms with Crippen LogP contribution >= 0.6 is 0 Å². The van der Waals surface area contributed by atoms with E-state index in [2.05, 4.69) is 5.32 Å². The van der Waals surface area contributed by atoms with E-state index in [1.54, 1.807) is 4.90 Å². The molecule has 0 aromatic rings. The van der Waals surface area contributed by atoms with Crippen molar-refractivity contribution in [3.63, 3.8) is 0 Å². The second-order valence-electron chi connectivity index (χ2n) is 3.90. The minimum Gasteiger partial charge on any atom is -0.380 e. The summed E-state index contributed by atoms with van der Waals surface area (Å²) in [5.41, 5.74) is 0. The van der Waals surface area contributed by atoms with E-state index in [1.165, 1.54) is 0 Å². The molecule has 0 bridgehead atoms. The lowest BCUT2D eigenvalue weighted by molar-refractivity contribution is -0.145. The largest absolute Gasteiger partial charge is 0.380 e. The lowest BCUT2D eigenvalue weighted by Gasteiger charge is -2.31. The second-order valence-corrected chi connectivity index (χ2v) is 3.90. The maximum Gasteiger partial charge on any atom is 0.245 e. The minimum atomic E-state index is -0.354. The lowest BCUT2D eigenvalue weighted by Crippen LogP contribution is -2.58. The lowest BCUT2D eigenvalue weighted by atomic mass is 10.1. The average Bonchev–Trinajstić information content (AvgIpc) is 2.28. The van der Waals surface area contributed by atoms with Crippen molar-refractivity contribution in [1.29, 1.82) is 0 Å². The van der Waals surface area contributed by atoms with Gasteiger partial charge in [0.25, 0.3) is 0 Å². The first-order valence-corrected chi connectivity index (χ1v) is 5.85. The van der Waals surface area contributed by atoms with Crippen LogP contribution in [0.15, 0.2) is 0 Å². The molecule has 1 atom stereocenters. The third kappa shape index (κ3) is 3.48. The molecule has 1 N–H and O–H groups in total. The Kier molecular flexibility index (Phi) is 5.25. The summed E-state index contributed by atoms with van der Waals surface area (Å²) in [4.78, 5) is 24.7. The number of amides is 2. The first-order chi connectivity index (χ1) is 7.69. The third-order valence-electron chi connectivity index (χ3n) is 2.54. The molecule has 1 aliphatic heterocycles. The fraction of sp³-hybridized carbons (Fsp3) is 0.818. The van der Waals surface area contributed by atoms with Crippen molar-refractivity contribution >= 4 is 11.8 Å². The van der Waals surface area contributed by atoms with Crippen LogP contribution in [0.4, 0.5) is 0 Å². The van der Waals surface area contributed by atoms with Crippen LogP contribution in [-0.2, 0) is 14.3 Å². The van der Waals surface area contributed by atoms with E-state index in [1.807, 2.05) is 13.8 Å². The second kappa shape index (κ2) is 6.48. The Morgan fingerprint density at radius 1 is 1.38 bits per heavy atom. The molecule has 5 nitrogen and oxygen atoms in total. The van der Waals surface area contributed by atoms with Gasteiger partial charge in [-0.1, -0.05) is 13.8 Å². The van der Waals surface area contributed by atoms with Crippen LogP contribution in [0, 0.1) is 0 Å². The number of piperazine rings is 1. The topological polar surface area (TPSA) is 58.6 Å². The zero-order valence-corrected chi connectivity index (χ0v) is 9.99. The monoisotopic (exact) mass is 228 g/mol. The average molecular weight is 228 g/mol. The van der Waals surface area contributed by atoms with Crippen molar-refractivity contribution in [3.05, 3.63) is 0 Å². The van der Waals surface area contributed by atoms with Gasteiger partial charge in [-0.25, -0.2) is 0 Å². The van der Waals surface area contributed by atoms with Crippen LogP contribution in [0.2, 0.25) is 0 Å². The standard InChI is InChI=1S/C11H20N2O3/c1-3-6-16-7-5-13-8-10(14)12-9(4-2)11(13)15/h9H,3-8H2,1-2H3,(H,12,14). The number of ether oxygens (including phenoxy) is 1. The molecule has 0 aliphatic carbocycles. The Morgan fingerprint density at radius 2 is 2.12 bits per heavy atom. The van der Waals surface area contributed by atoms with Gasteiger partial charge < -0.3 is 15.0 Å². The predicted molar refractivity (Wildman–Crippen MR) is 59.9 cm³/mol. The zero-order valence-electron chi connectivity index (χ0n) is 9.99. The van der Waals surface area contributed by atoms with Crippen molar-refractivity contribution < 1.29 is 14.3 Å². The molecule has 0 saturated carbocycles. The molecular formula is C11H20N2O3. The Bertz CT molecular complexity index is 256. The van der Waals surface area contributed by atoms with Gasteiger partial charge in [0.05, 0.1) is 13.2 Å². The van der Waals surface area contributed by atoms with Gasteiger partial charge in [0, 0.05) is 13.2 Å². The van der Waals surface area contributed by atoms with E-state index >= 15 is 0 Å². The summed E-state index contributed by atoms with van der Waals surface area (Å²) in [5, 5.41) is 2.68. The van der Waals surface area contributed by atoms with Gasteiger partial charge in [-0.05, 0) is 12.8 Å². The third-order valence-corrected chi connectivity index (χ3v) is 2.54. The first-order valence-electron chi connectivity index (χ1n) is 5.85. The highest BCUT2D eigenvalue weighted by atomic mass is 16.5. The normalized spacial score (nSPS) is 21.1. The molecule has 0 radical (unpaired) electrons. The number of rotatable bonds is 6. The van der Waals surface area contributed by atoms with E-state index in [-0.39, 0.29) is 24.4 Å². The molecule has 0 spiro atoms. The van der Waals surface area contributed by atoms with Crippen molar-refractivity contribution in [3.8, 4) is 0 Å². The smallest absolute Gasteiger partial charge is 0.245 e. The van der Waals surface area contributed by atoms with Gasteiger partial charge in [0.1, 0.15) is 6.04 Å². The minimum absolute atomic E-state index is 0.00204. The molecule has 0 aromatic heterocycles. The number of nitrogens with zero attached hydrogens (tertiary/aromatic N) is 1. The van der Waals surface area contributed by atoms with Crippen molar-refractivity contribution in [2.24, 2.45) is 0 Å². The van der Waals surface area contributed by atoms with Crippen LogP contribution in [0.25, 0.3) is 0 Å². The molecule has 2 amide bonds. The van der Waals surface area contributed by atoms with Gasteiger partial charge >= 0.3 is 0 Å². The molecule has 16 heavy (non-hydrogen) atoms. The van der Waals surface area contributed by atoms with Crippen LogP contribution in [-0.4, -0.2) is 49.1 Å². The van der Waals surface area contributed by atoms with Gasteiger partial charge in [-0.2, -0.15) is 0 Å². The van der Waals surface area contributed by atoms with Crippen LogP contribution in [0.3, 0.4) is 0 Å². The SMILES string of the molecule is CCCOCCN1CC(=O)NC(CC)C1=O. The molecular weight excluding hydrogens is 208 g/mol. The quantitative estimate of drug-likeness (QED) is 0.658. The number of nitrogens with one attached hydrogen (secondary N) is 1. The zero-order chi connectivity index (χ0) is 12.0. The maximum absolute atomic E-state index is 11.8. The number of carbonyl (C=O) groups is 2. The maximum atomic E-state index is 11.8. The number of hydrogen-bond acceptors (Lipinski definition) is 3. The summed E-state index contributed by atoms with van der Waals surface area (Å²) >= 11 is 0. The molecule has 0 aromatic carbocycles. The summed E-state index contributed by atoms with van der Waals surface area (Å²) < 4.78 is 5.31. The van der Waals surface area contributed by atoms with E-state index in [0.717, 1.165) is 6.42 Å². The molecule has 1 aliphatic rings. The highest BCUT2D eigenvalue weighted by Gasteiger charge is 2.30. The van der Waals surface area contributed by atoms with Crippen molar-refractivity contribution in [2.45, 2.75) is 32.7 Å². The van der Waals surface area contributed by atoms with Crippen LogP contribution < -0.4 is 5.32 Å². The molecule has 1 heterocycles. The van der Waals surface area contributed by atoms with Gasteiger partial charge in [-0.15, -0.1) is 0 Å². The Morgan fingerprint density at radius 3 is 2.75 bits per heavy atom. The fourth-order valence-electron chi connectivity index (χ4n) is 1.66. The summed E-state index contributed by atoms with van der Waals surface area (Å²) in [6, 6.07) is -0.354. The summed E-state index contributed by atoms with van der Waals surface area (Å²) in [6.45, 7) is 5.79. The first kappa shape index (κ1) is 13.0. The Balaban J connectivity index is 2.38. The van der Waals surface area contributed by atoms with E-state index in [0.29, 0.717) is 26.2 Å². The molecule has 5 heteroatoms. The van der Waals surface area contributed by atoms with E-state index in [9.17, 15) is 9.59 Å². The molecule has 92 valence electrons. The Labute approximate surface area is 96.1 Å². The Hall–Kier alpha value is -1.10. The molecule has 1 unspecified atom stereocenters. The summed E-state index contributed by atoms with van der Waals surface area (Å²) in [5.74, 6) is -0.0795.